The van der Waals surface area contributed by atoms with Crippen molar-refractivity contribution in [1.29, 1.82) is 0 Å². The molecule has 1 aromatic carbocycles. The molecule has 0 saturated heterocycles. The van der Waals surface area contributed by atoms with Crippen LogP contribution >= 0.6 is 11.8 Å². The zero-order valence-corrected chi connectivity index (χ0v) is 9.78. The van der Waals surface area contributed by atoms with E-state index in [9.17, 15) is 9.18 Å². The number of aromatic carboxylic acids is 1. The Balaban J connectivity index is 2.56. The van der Waals surface area contributed by atoms with Gasteiger partial charge in [0.2, 0.25) is 0 Å². The summed E-state index contributed by atoms with van der Waals surface area (Å²) < 4.78 is 13.3. The quantitative estimate of drug-likeness (QED) is 0.714. The van der Waals surface area contributed by atoms with E-state index < -0.39 is 17.9 Å². The number of rotatable bonds is 6. The topological polar surface area (TPSA) is 77.8 Å². The van der Waals surface area contributed by atoms with Gasteiger partial charge in [0, 0.05) is 11.5 Å². The molecule has 94 valence electrons. The van der Waals surface area contributed by atoms with Gasteiger partial charge in [0.1, 0.15) is 5.82 Å². The zero-order chi connectivity index (χ0) is 12.8. The van der Waals surface area contributed by atoms with Gasteiger partial charge in [-0.25, -0.2) is 9.18 Å². The average Bonchev–Trinajstić information content (AvgIpc) is 2.28. The lowest BCUT2D eigenvalue weighted by Gasteiger charge is -2.07. The van der Waals surface area contributed by atoms with Gasteiger partial charge in [0.05, 0.1) is 18.3 Å². The van der Waals surface area contributed by atoms with Crippen LogP contribution in [0.5, 0.6) is 0 Å². The molecule has 0 radical (unpaired) electrons. The van der Waals surface area contributed by atoms with Gasteiger partial charge < -0.3 is 15.3 Å². The smallest absolute Gasteiger partial charge is 0.338 e. The summed E-state index contributed by atoms with van der Waals surface area (Å²) in [6.45, 7) is -0.306. The third kappa shape index (κ3) is 4.33. The van der Waals surface area contributed by atoms with E-state index in [2.05, 4.69) is 0 Å². The molecule has 0 saturated carbocycles. The van der Waals surface area contributed by atoms with Crippen LogP contribution in [0.2, 0.25) is 0 Å². The van der Waals surface area contributed by atoms with E-state index >= 15 is 0 Å². The molecule has 1 atom stereocenters. The van der Waals surface area contributed by atoms with Crippen molar-refractivity contribution in [3.8, 4) is 0 Å². The molecule has 0 spiro atoms. The summed E-state index contributed by atoms with van der Waals surface area (Å²) in [6.07, 6.45) is -0.789. The molecule has 0 aliphatic carbocycles. The number of thioether (sulfide) groups is 1. The lowest BCUT2D eigenvalue weighted by Crippen LogP contribution is -2.14. The normalized spacial score (nSPS) is 12.4. The highest BCUT2D eigenvalue weighted by molar-refractivity contribution is 7.98. The molecular formula is C11H13FO4S. The average molecular weight is 260 g/mol. The molecule has 0 aromatic heterocycles. The number of carboxylic acids is 1. The molecule has 0 aliphatic heterocycles. The Bertz CT molecular complexity index is 397. The van der Waals surface area contributed by atoms with E-state index in [1.807, 2.05) is 0 Å². The third-order valence-electron chi connectivity index (χ3n) is 2.05. The first-order valence-electron chi connectivity index (χ1n) is 4.93. The first-order chi connectivity index (χ1) is 8.04. The molecule has 0 heterocycles. The maximum absolute atomic E-state index is 13.3. The fourth-order valence-corrected chi connectivity index (χ4v) is 2.10. The number of aliphatic hydroxyl groups excluding tert-OH is 2. The van der Waals surface area contributed by atoms with Crippen molar-refractivity contribution in [2.45, 2.75) is 11.9 Å². The summed E-state index contributed by atoms with van der Waals surface area (Å²) in [7, 11) is 0. The van der Waals surface area contributed by atoms with E-state index in [1.54, 1.807) is 0 Å². The minimum Gasteiger partial charge on any atom is -0.478 e. The van der Waals surface area contributed by atoms with Crippen LogP contribution in [-0.2, 0) is 5.75 Å². The number of benzene rings is 1. The van der Waals surface area contributed by atoms with Crippen LogP contribution in [0.1, 0.15) is 15.9 Å². The van der Waals surface area contributed by atoms with Crippen molar-refractivity contribution >= 4 is 17.7 Å². The second-order valence-corrected chi connectivity index (χ2v) is 4.50. The van der Waals surface area contributed by atoms with Crippen LogP contribution < -0.4 is 0 Å². The van der Waals surface area contributed by atoms with E-state index in [1.165, 1.54) is 30.0 Å². The fraction of sp³-hybridized carbons (Fsp3) is 0.364. The van der Waals surface area contributed by atoms with Gasteiger partial charge in [-0.15, -0.1) is 0 Å². The summed E-state index contributed by atoms with van der Waals surface area (Å²) in [6, 6.07) is 3.92. The molecular weight excluding hydrogens is 247 g/mol. The van der Waals surface area contributed by atoms with Gasteiger partial charge in [-0.1, -0.05) is 6.07 Å². The highest BCUT2D eigenvalue weighted by Crippen LogP contribution is 2.16. The molecule has 0 bridgehead atoms. The van der Waals surface area contributed by atoms with Crippen molar-refractivity contribution < 1.29 is 24.5 Å². The monoisotopic (exact) mass is 260 g/mol. The molecule has 17 heavy (non-hydrogen) atoms. The zero-order valence-electron chi connectivity index (χ0n) is 8.97. The number of halogens is 1. The summed E-state index contributed by atoms with van der Waals surface area (Å²) in [5, 5.41) is 26.3. The predicted octanol–water partition coefficient (Wildman–Crippen LogP) is 1.11. The third-order valence-corrected chi connectivity index (χ3v) is 3.21. The minimum atomic E-state index is -1.29. The second kappa shape index (κ2) is 6.58. The van der Waals surface area contributed by atoms with Crippen molar-refractivity contribution in [3.05, 3.63) is 35.1 Å². The number of hydrogen-bond donors (Lipinski definition) is 3. The molecule has 4 nitrogen and oxygen atoms in total. The molecule has 1 rings (SSSR count). The predicted molar refractivity (Wildman–Crippen MR) is 62.6 cm³/mol. The van der Waals surface area contributed by atoms with Crippen molar-refractivity contribution in [1.82, 2.24) is 0 Å². The van der Waals surface area contributed by atoms with Gasteiger partial charge in [0.15, 0.2) is 0 Å². The van der Waals surface area contributed by atoms with E-state index in [-0.39, 0.29) is 12.2 Å². The Morgan fingerprint density at radius 2 is 2.18 bits per heavy atom. The van der Waals surface area contributed by atoms with Gasteiger partial charge in [0.25, 0.3) is 0 Å². The SMILES string of the molecule is O=C(O)c1ccc(CSCC(O)CO)cc1F. The Morgan fingerprint density at radius 1 is 1.47 bits per heavy atom. The molecule has 0 amide bonds. The summed E-state index contributed by atoms with van der Waals surface area (Å²) in [4.78, 5) is 10.6. The Labute approximate surface area is 102 Å². The molecule has 0 aliphatic rings. The van der Waals surface area contributed by atoms with Crippen LogP contribution in [0.25, 0.3) is 0 Å². The van der Waals surface area contributed by atoms with Crippen molar-refractivity contribution in [2.24, 2.45) is 0 Å². The maximum atomic E-state index is 13.3. The van der Waals surface area contributed by atoms with E-state index in [0.717, 1.165) is 0 Å². The number of carboxylic acid groups (broad SMARTS) is 1. The van der Waals surface area contributed by atoms with E-state index in [4.69, 9.17) is 15.3 Å². The summed E-state index contributed by atoms with van der Waals surface area (Å²) in [5.74, 6) is -1.26. The van der Waals surface area contributed by atoms with Crippen LogP contribution in [0.3, 0.4) is 0 Å². The number of carbonyl (C=O) groups is 1. The highest BCUT2D eigenvalue weighted by atomic mass is 32.2. The molecule has 3 N–H and O–H groups in total. The lowest BCUT2D eigenvalue weighted by molar-refractivity contribution is 0.0692. The second-order valence-electron chi connectivity index (χ2n) is 3.47. The van der Waals surface area contributed by atoms with Gasteiger partial charge >= 0.3 is 5.97 Å². The Hall–Kier alpha value is -1.11. The Kier molecular flexibility index (Phi) is 5.40. The standard InChI is InChI=1S/C11H13FO4S/c12-10-3-7(1-2-9(10)11(15)16)5-17-6-8(14)4-13/h1-3,8,13-14H,4-6H2,(H,15,16). The minimum absolute atomic E-state index is 0.306. The molecule has 1 aromatic rings. The maximum Gasteiger partial charge on any atom is 0.338 e. The van der Waals surface area contributed by atoms with Crippen LogP contribution in [0.4, 0.5) is 4.39 Å². The first kappa shape index (κ1) is 14.0. The largest absolute Gasteiger partial charge is 0.478 e. The molecule has 1 unspecified atom stereocenters. The first-order valence-corrected chi connectivity index (χ1v) is 6.08. The lowest BCUT2D eigenvalue weighted by atomic mass is 10.1. The van der Waals surface area contributed by atoms with Gasteiger partial charge in [-0.2, -0.15) is 11.8 Å². The fourth-order valence-electron chi connectivity index (χ4n) is 1.19. The molecule has 0 fully saturated rings. The van der Waals surface area contributed by atoms with Crippen molar-refractivity contribution in [2.75, 3.05) is 12.4 Å². The summed E-state index contributed by atoms with van der Waals surface area (Å²) >= 11 is 1.34. The summed E-state index contributed by atoms with van der Waals surface area (Å²) in [5.41, 5.74) is 0.289. The van der Waals surface area contributed by atoms with Crippen LogP contribution in [0, 0.1) is 5.82 Å². The van der Waals surface area contributed by atoms with Crippen molar-refractivity contribution in [3.63, 3.8) is 0 Å². The van der Waals surface area contributed by atoms with Gasteiger partial charge in [-0.05, 0) is 17.7 Å². The van der Waals surface area contributed by atoms with Crippen LogP contribution in [-0.4, -0.2) is 39.8 Å². The van der Waals surface area contributed by atoms with E-state index in [0.29, 0.717) is 17.1 Å². The Morgan fingerprint density at radius 3 is 2.71 bits per heavy atom. The number of aliphatic hydroxyl groups is 2. The highest BCUT2D eigenvalue weighted by Gasteiger charge is 2.10. The molecule has 6 heteroatoms. The van der Waals surface area contributed by atoms with Crippen LogP contribution in [0.15, 0.2) is 18.2 Å². The number of hydrogen-bond acceptors (Lipinski definition) is 4. The van der Waals surface area contributed by atoms with Gasteiger partial charge in [-0.3, -0.25) is 0 Å².